The van der Waals surface area contributed by atoms with Crippen LogP contribution in [0.2, 0.25) is 5.02 Å². The third-order valence-corrected chi connectivity index (χ3v) is 5.81. The van der Waals surface area contributed by atoms with Gasteiger partial charge in [0, 0.05) is 23.2 Å². The highest BCUT2D eigenvalue weighted by Gasteiger charge is 2.22. The number of anilines is 3. The van der Waals surface area contributed by atoms with Crippen LogP contribution >= 0.6 is 11.6 Å². The standard InChI is InChI=1S/C23H22ClF2N5O2/c1-31-7-3-4-14(31)9-18(26)23(32)30-20-10-15-19(11-21(20)33-2)27-12-28-22(15)29-13-5-6-17(25)16(24)8-13/h5-6,8-12,14H,3-4,7H2,1-2H3,(H,30,32)(H,27,28,29). The summed E-state index contributed by atoms with van der Waals surface area (Å²) in [6.07, 6.45) is 4.45. The van der Waals surface area contributed by atoms with E-state index in [-0.39, 0.29) is 16.8 Å². The SMILES string of the molecule is COc1cc2ncnc(Nc3ccc(F)c(Cl)c3)c2cc1NC(=O)C(F)=CC1CCCN1C. The largest absolute Gasteiger partial charge is 0.494 e. The molecule has 1 amide bonds. The Morgan fingerprint density at radius 3 is 2.82 bits per heavy atom. The zero-order valence-corrected chi connectivity index (χ0v) is 18.8. The highest BCUT2D eigenvalue weighted by molar-refractivity contribution is 6.31. The monoisotopic (exact) mass is 473 g/mol. The highest BCUT2D eigenvalue weighted by Crippen LogP contribution is 2.34. The molecule has 2 N–H and O–H groups in total. The number of methoxy groups -OCH3 is 1. The number of nitrogens with one attached hydrogen (secondary N) is 2. The summed E-state index contributed by atoms with van der Waals surface area (Å²) >= 11 is 5.86. The number of hydrogen-bond acceptors (Lipinski definition) is 6. The molecular weight excluding hydrogens is 452 g/mol. The first-order chi connectivity index (χ1) is 15.9. The zero-order valence-electron chi connectivity index (χ0n) is 18.0. The van der Waals surface area contributed by atoms with Crippen LogP contribution < -0.4 is 15.4 Å². The number of aromatic nitrogens is 2. The van der Waals surface area contributed by atoms with Gasteiger partial charge in [-0.1, -0.05) is 11.6 Å². The van der Waals surface area contributed by atoms with E-state index in [1.54, 1.807) is 12.1 Å². The van der Waals surface area contributed by atoms with Crippen molar-refractivity contribution in [3.8, 4) is 5.75 Å². The van der Waals surface area contributed by atoms with E-state index in [1.165, 1.54) is 37.7 Å². The van der Waals surface area contributed by atoms with Gasteiger partial charge >= 0.3 is 0 Å². The van der Waals surface area contributed by atoms with E-state index in [1.807, 2.05) is 11.9 Å². The van der Waals surface area contributed by atoms with Gasteiger partial charge in [-0.15, -0.1) is 0 Å². The van der Waals surface area contributed by atoms with Crippen LogP contribution in [0.4, 0.5) is 26.0 Å². The van der Waals surface area contributed by atoms with Crippen molar-refractivity contribution in [2.75, 3.05) is 31.3 Å². The Hall–Kier alpha value is -3.30. The molecule has 172 valence electrons. The number of halogens is 3. The lowest BCUT2D eigenvalue weighted by Gasteiger charge is -2.16. The first-order valence-electron chi connectivity index (χ1n) is 10.3. The molecule has 1 aromatic heterocycles. The average molecular weight is 474 g/mol. The number of likely N-dealkylation sites (N-methyl/N-ethyl adjacent to an activating group) is 1. The average Bonchev–Trinajstić information content (AvgIpc) is 3.20. The van der Waals surface area contributed by atoms with Crippen molar-refractivity contribution in [3.05, 3.63) is 59.4 Å². The molecular formula is C23H22ClF2N5O2. The molecule has 1 aliphatic heterocycles. The molecule has 0 bridgehead atoms. The summed E-state index contributed by atoms with van der Waals surface area (Å²) in [5, 5.41) is 6.13. The van der Waals surface area contributed by atoms with Gasteiger partial charge in [0.05, 0.1) is 23.3 Å². The van der Waals surface area contributed by atoms with Crippen LogP contribution in [0.15, 0.2) is 48.6 Å². The number of carbonyl (C=O) groups excluding carboxylic acids is 1. The van der Waals surface area contributed by atoms with Crippen LogP contribution in [0.1, 0.15) is 12.8 Å². The number of nitrogens with zero attached hydrogens (tertiary/aromatic N) is 3. The fraction of sp³-hybridized carbons (Fsp3) is 0.261. The Labute approximate surface area is 194 Å². The van der Waals surface area contributed by atoms with Crippen molar-refractivity contribution in [1.29, 1.82) is 0 Å². The minimum Gasteiger partial charge on any atom is -0.494 e. The van der Waals surface area contributed by atoms with Crippen LogP contribution in [-0.4, -0.2) is 47.5 Å². The molecule has 2 aromatic carbocycles. The molecule has 1 unspecified atom stereocenters. The summed E-state index contributed by atoms with van der Waals surface area (Å²) in [5.74, 6) is -1.56. The second-order valence-corrected chi connectivity index (χ2v) is 8.11. The first-order valence-corrected chi connectivity index (χ1v) is 10.7. The van der Waals surface area contributed by atoms with E-state index < -0.39 is 17.6 Å². The molecule has 4 rings (SSSR count). The summed E-state index contributed by atoms with van der Waals surface area (Å²) in [5.41, 5.74) is 1.30. The Morgan fingerprint density at radius 1 is 1.30 bits per heavy atom. The van der Waals surface area contributed by atoms with Gasteiger partial charge in [0.2, 0.25) is 0 Å². The van der Waals surface area contributed by atoms with Crippen molar-refractivity contribution in [2.24, 2.45) is 0 Å². The lowest BCUT2D eigenvalue weighted by atomic mass is 10.1. The number of carbonyl (C=O) groups is 1. The van der Waals surface area contributed by atoms with Crippen LogP contribution in [0.5, 0.6) is 5.75 Å². The molecule has 1 atom stereocenters. The lowest BCUT2D eigenvalue weighted by molar-refractivity contribution is -0.114. The summed E-state index contributed by atoms with van der Waals surface area (Å²) in [4.78, 5) is 23.0. The predicted molar refractivity (Wildman–Crippen MR) is 124 cm³/mol. The predicted octanol–water partition coefficient (Wildman–Crippen LogP) is 5.06. The number of rotatable bonds is 6. The van der Waals surface area contributed by atoms with Crippen LogP contribution in [-0.2, 0) is 4.79 Å². The van der Waals surface area contributed by atoms with Gasteiger partial charge in [-0.05, 0) is 56.8 Å². The normalized spacial score (nSPS) is 16.8. The molecule has 1 saturated heterocycles. The Kier molecular flexibility index (Phi) is 6.71. The smallest absolute Gasteiger partial charge is 0.284 e. The minimum atomic E-state index is -0.871. The van der Waals surface area contributed by atoms with Gasteiger partial charge in [-0.2, -0.15) is 0 Å². The van der Waals surface area contributed by atoms with Crippen molar-refractivity contribution in [3.63, 3.8) is 0 Å². The molecule has 0 spiro atoms. The second kappa shape index (κ2) is 9.68. The highest BCUT2D eigenvalue weighted by atomic mass is 35.5. The van der Waals surface area contributed by atoms with Crippen molar-refractivity contribution in [1.82, 2.24) is 14.9 Å². The molecule has 0 saturated carbocycles. The molecule has 3 aromatic rings. The Morgan fingerprint density at radius 2 is 2.12 bits per heavy atom. The van der Waals surface area contributed by atoms with Crippen molar-refractivity contribution >= 4 is 45.6 Å². The fourth-order valence-corrected chi connectivity index (χ4v) is 3.91. The van der Waals surface area contributed by atoms with E-state index in [4.69, 9.17) is 16.3 Å². The van der Waals surface area contributed by atoms with Crippen LogP contribution in [0.25, 0.3) is 10.9 Å². The molecule has 7 nitrogen and oxygen atoms in total. The van der Waals surface area contributed by atoms with Crippen LogP contribution in [0.3, 0.4) is 0 Å². The first kappa shape index (κ1) is 22.9. The van der Waals surface area contributed by atoms with Gasteiger partial charge in [-0.3, -0.25) is 9.69 Å². The van der Waals surface area contributed by atoms with E-state index >= 15 is 0 Å². The summed E-state index contributed by atoms with van der Waals surface area (Å²) in [7, 11) is 3.34. The third-order valence-electron chi connectivity index (χ3n) is 5.52. The molecule has 10 heteroatoms. The quantitative estimate of drug-likeness (QED) is 0.487. The number of amides is 1. The zero-order chi connectivity index (χ0) is 23.5. The Bertz CT molecular complexity index is 1240. The lowest BCUT2D eigenvalue weighted by Crippen LogP contribution is -2.24. The summed E-state index contributed by atoms with van der Waals surface area (Å²) in [6.45, 7) is 0.865. The van der Waals surface area contributed by atoms with Gasteiger partial charge in [-0.25, -0.2) is 18.7 Å². The maximum absolute atomic E-state index is 14.6. The van der Waals surface area contributed by atoms with Gasteiger partial charge in [0.25, 0.3) is 5.91 Å². The maximum atomic E-state index is 14.6. The molecule has 1 fully saturated rings. The molecule has 33 heavy (non-hydrogen) atoms. The number of benzene rings is 2. The number of ether oxygens (including phenoxy) is 1. The summed E-state index contributed by atoms with van der Waals surface area (Å²) < 4.78 is 33.4. The number of likely N-dealkylation sites (tertiary alicyclic amines) is 1. The summed E-state index contributed by atoms with van der Waals surface area (Å²) in [6, 6.07) is 7.27. The topological polar surface area (TPSA) is 79.4 Å². The van der Waals surface area contributed by atoms with Crippen LogP contribution in [0, 0.1) is 5.82 Å². The maximum Gasteiger partial charge on any atom is 0.284 e. The third kappa shape index (κ3) is 5.04. The molecule has 0 aliphatic carbocycles. The van der Waals surface area contributed by atoms with E-state index in [0.29, 0.717) is 28.2 Å². The second-order valence-electron chi connectivity index (χ2n) is 7.70. The van der Waals surface area contributed by atoms with E-state index in [9.17, 15) is 13.6 Å². The van der Waals surface area contributed by atoms with Crippen molar-refractivity contribution < 1.29 is 18.3 Å². The van der Waals surface area contributed by atoms with Gasteiger partial charge < -0.3 is 15.4 Å². The van der Waals surface area contributed by atoms with E-state index in [0.717, 1.165) is 19.4 Å². The van der Waals surface area contributed by atoms with E-state index in [2.05, 4.69) is 20.6 Å². The van der Waals surface area contributed by atoms with Gasteiger partial charge in [0.1, 0.15) is 23.7 Å². The van der Waals surface area contributed by atoms with Gasteiger partial charge in [0.15, 0.2) is 5.83 Å². The van der Waals surface area contributed by atoms with Crippen molar-refractivity contribution in [2.45, 2.75) is 18.9 Å². The minimum absolute atomic E-state index is 0.0387. The number of fused-ring (bicyclic) bond motifs is 1. The molecule has 0 radical (unpaired) electrons. The molecule has 1 aliphatic rings. The fourth-order valence-electron chi connectivity index (χ4n) is 3.73. The Balaban J connectivity index is 1.65. The number of hydrogen-bond donors (Lipinski definition) is 2. The molecule has 2 heterocycles.